The van der Waals surface area contributed by atoms with Crippen LogP contribution < -0.4 is 0 Å². The lowest BCUT2D eigenvalue weighted by Gasteiger charge is -2.41. The van der Waals surface area contributed by atoms with E-state index in [-0.39, 0.29) is 12.2 Å². The number of carboxylic acid groups (broad SMARTS) is 2. The molecule has 148 valence electrons. The van der Waals surface area contributed by atoms with Gasteiger partial charge in [-0.15, -0.1) is 0 Å². The zero-order chi connectivity index (χ0) is 18.5. The van der Waals surface area contributed by atoms with Gasteiger partial charge in [0, 0.05) is 0 Å². The van der Waals surface area contributed by atoms with Crippen LogP contribution in [0, 0.1) is 23.7 Å². The lowest BCUT2D eigenvalue weighted by Crippen LogP contribution is -2.33. The van der Waals surface area contributed by atoms with Gasteiger partial charge in [-0.2, -0.15) is 0 Å². The van der Waals surface area contributed by atoms with Crippen LogP contribution in [0.2, 0.25) is 0 Å². The summed E-state index contributed by atoms with van der Waals surface area (Å²) in [5.41, 5.74) is 0. The van der Waals surface area contributed by atoms with Crippen molar-refractivity contribution in [2.45, 2.75) is 89.3 Å². The first-order valence-corrected chi connectivity index (χ1v) is 10.3. The first-order valence-electron chi connectivity index (χ1n) is 10.3. The molecule has 6 nitrogen and oxygen atoms in total. The highest BCUT2D eigenvalue weighted by Crippen LogP contribution is 2.45. The second-order valence-corrected chi connectivity index (χ2v) is 8.53. The van der Waals surface area contributed by atoms with E-state index in [1.807, 2.05) is 0 Å². The average Bonchev–Trinajstić information content (AvgIpc) is 2.62. The summed E-state index contributed by atoms with van der Waals surface area (Å²) in [7, 11) is 0. The molecule has 0 spiro atoms. The highest BCUT2D eigenvalue weighted by Gasteiger charge is 2.36. The first-order chi connectivity index (χ1) is 12.5. The maximum atomic E-state index is 10.7. The molecule has 26 heavy (non-hydrogen) atoms. The summed E-state index contributed by atoms with van der Waals surface area (Å²) in [5.74, 6) is 2.98. The van der Waals surface area contributed by atoms with Crippen LogP contribution in [0.4, 0.5) is 9.59 Å². The number of hydrogen-bond acceptors (Lipinski definition) is 4. The third kappa shape index (κ3) is 5.27. The van der Waals surface area contributed by atoms with Crippen LogP contribution in [0.25, 0.3) is 0 Å². The minimum Gasteiger partial charge on any atom is -0.450 e. The topological polar surface area (TPSA) is 93.1 Å². The summed E-state index contributed by atoms with van der Waals surface area (Å²) in [5, 5.41) is 17.5. The maximum Gasteiger partial charge on any atom is 0.506 e. The molecule has 3 fully saturated rings. The van der Waals surface area contributed by atoms with Crippen molar-refractivity contribution >= 4 is 12.3 Å². The largest absolute Gasteiger partial charge is 0.506 e. The van der Waals surface area contributed by atoms with E-state index in [0.29, 0.717) is 0 Å². The van der Waals surface area contributed by atoms with Crippen LogP contribution >= 0.6 is 0 Å². The highest BCUT2D eigenvalue weighted by atomic mass is 16.7. The monoisotopic (exact) mass is 368 g/mol. The van der Waals surface area contributed by atoms with Crippen molar-refractivity contribution in [3.8, 4) is 0 Å². The molecule has 3 saturated carbocycles. The van der Waals surface area contributed by atoms with E-state index in [4.69, 9.17) is 19.7 Å². The average molecular weight is 368 g/mol. The SMILES string of the molecule is O=C(O)OC1CCC(C2CCCC(C3CCC(OC(=O)O)CC3)C2)CC1. The fraction of sp³-hybridized carbons (Fsp3) is 0.900. The van der Waals surface area contributed by atoms with Gasteiger partial charge < -0.3 is 19.7 Å². The molecule has 0 aromatic heterocycles. The Balaban J connectivity index is 1.43. The minimum atomic E-state index is -1.14. The van der Waals surface area contributed by atoms with Gasteiger partial charge in [-0.25, -0.2) is 9.59 Å². The Kier molecular flexibility index (Phi) is 6.65. The van der Waals surface area contributed by atoms with Crippen LogP contribution in [0.15, 0.2) is 0 Å². The molecule has 3 rings (SSSR count). The Morgan fingerprint density at radius 2 is 0.962 bits per heavy atom. The van der Waals surface area contributed by atoms with Crippen molar-refractivity contribution in [2.24, 2.45) is 23.7 Å². The molecule has 0 aromatic rings. The molecule has 0 aromatic carbocycles. The fourth-order valence-corrected chi connectivity index (χ4v) is 5.76. The summed E-state index contributed by atoms with van der Waals surface area (Å²) >= 11 is 0. The smallest absolute Gasteiger partial charge is 0.450 e. The Labute approximate surface area is 155 Å². The lowest BCUT2D eigenvalue weighted by molar-refractivity contribution is 0.00848. The van der Waals surface area contributed by atoms with Crippen LogP contribution in [-0.4, -0.2) is 34.7 Å². The van der Waals surface area contributed by atoms with Crippen LogP contribution in [0.1, 0.15) is 77.0 Å². The summed E-state index contributed by atoms with van der Waals surface area (Å²) in [6.07, 6.45) is 10.6. The van der Waals surface area contributed by atoms with E-state index >= 15 is 0 Å². The first kappa shape index (κ1) is 19.3. The summed E-state index contributed by atoms with van der Waals surface area (Å²) in [6.45, 7) is 0. The number of rotatable bonds is 4. The van der Waals surface area contributed by atoms with E-state index in [2.05, 4.69) is 0 Å². The van der Waals surface area contributed by atoms with Gasteiger partial charge in [-0.3, -0.25) is 0 Å². The second-order valence-electron chi connectivity index (χ2n) is 8.53. The summed E-state index contributed by atoms with van der Waals surface area (Å²) < 4.78 is 9.89. The van der Waals surface area contributed by atoms with Gasteiger partial charge in [0.25, 0.3) is 0 Å². The van der Waals surface area contributed by atoms with Crippen molar-refractivity contribution in [3.05, 3.63) is 0 Å². The quantitative estimate of drug-likeness (QED) is 0.654. The van der Waals surface area contributed by atoms with Crippen LogP contribution in [0.5, 0.6) is 0 Å². The van der Waals surface area contributed by atoms with Gasteiger partial charge in [-0.05, 0) is 81.5 Å². The van der Waals surface area contributed by atoms with Crippen LogP contribution in [-0.2, 0) is 9.47 Å². The molecule has 0 radical (unpaired) electrons. The molecule has 0 amide bonds. The zero-order valence-corrected chi connectivity index (χ0v) is 15.5. The highest BCUT2D eigenvalue weighted by molar-refractivity contribution is 5.57. The van der Waals surface area contributed by atoms with Crippen molar-refractivity contribution in [3.63, 3.8) is 0 Å². The molecule has 3 aliphatic carbocycles. The van der Waals surface area contributed by atoms with Crippen molar-refractivity contribution in [2.75, 3.05) is 0 Å². The van der Waals surface area contributed by atoms with Gasteiger partial charge in [0.1, 0.15) is 12.2 Å². The number of hydrogen-bond donors (Lipinski definition) is 2. The Morgan fingerprint density at radius 3 is 1.31 bits per heavy atom. The molecule has 3 aliphatic rings. The standard InChI is InChI=1S/C20H32O6/c21-19(22)25-17-8-4-13(5-9-17)15-2-1-3-16(12-15)14-6-10-18(11-7-14)26-20(23)24/h13-18H,1-12H2,(H,21,22)(H,23,24). The predicted molar refractivity (Wildman–Crippen MR) is 95.2 cm³/mol. The zero-order valence-electron chi connectivity index (χ0n) is 15.5. The molecule has 0 saturated heterocycles. The second kappa shape index (κ2) is 8.96. The van der Waals surface area contributed by atoms with Gasteiger partial charge in [-0.1, -0.05) is 19.3 Å². The summed E-state index contributed by atoms with van der Waals surface area (Å²) in [6, 6.07) is 0. The maximum absolute atomic E-state index is 10.7. The summed E-state index contributed by atoms with van der Waals surface area (Å²) in [4.78, 5) is 21.4. The number of carbonyl (C=O) groups is 2. The molecule has 2 atom stereocenters. The van der Waals surface area contributed by atoms with Crippen LogP contribution in [0.3, 0.4) is 0 Å². The number of ether oxygens (including phenoxy) is 2. The Hall–Kier alpha value is -1.46. The molecule has 0 heterocycles. The molecule has 0 aliphatic heterocycles. The molecule has 0 bridgehead atoms. The van der Waals surface area contributed by atoms with E-state index in [1.165, 1.54) is 25.7 Å². The van der Waals surface area contributed by atoms with E-state index in [0.717, 1.165) is 75.0 Å². The van der Waals surface area contributed by atoms with E-state index in [9.17, 15) is 9.59 Å². The molecular weight excluding hydrogens is 336 g/mol. The van der Waals surface area contributed by atoms with Gasteiger partial charge in [0.15, 0.2) is 0 Å². The molecular formula is C20H32O6. The molecule has 2 N–H and O–H groups in total. The van der Waals surface area contributed by atoms with Gasteiger partial charge in [0.2, 0.25) is 0 Å². The normalized spacial score (nSPS) is 38.3. The van der Waals surface area contributed by atoms with Crippen molar-refractivity contribution < 1.29 is 29.3 Å². The molecule has 6 heteroatoms. The third-order valence-corrected chi connectivity index (χ3v) is 7.06. The molecule has 2 unspecified atom stereocenters. The Morgan fingerprint density at radius 1 is 0.577 bits per heavy atom. The van der Waals surface area contributed by atoms with Gasteiger partial charge in [0.05, 0.1) is 0 Å². The van der Waals surface area contributed by atoms with Crippen molar-refractivity contribution in [1.82, 2.24) is 0 Å². The Bertz CT molecular complexity index is 435. The lowest BCUT2D eigenvalue weighted by atomic mass is 9.65. The predicted octanol–water partition coefficient (Wildman–Crippen LogP) is 5.30. The fourth-order valence-electron chi connectivity index (χ4n) is 5.76. The third-order valence-electron chi connectivity index (χ3n) is 7.06. The van der Waals surface area contributed by atoms with E-state index in [1.54, 1.807) is 0 Å². The minimum absolute atomic E-state index is 0.104. The van der Waals surface area contributed by atoms with E-state index < -0.39 is 12.3 Å². The van der Waals surface area contributed by atoms with Gasteiger partial charge >= 0.3 is 12.3 Å². The van der Waals surface area contributed by atoms with Crippen molar-refractivity contribution in [1.29, 1.82) is 0 Å².